The van der Waals surface area contributed by atoms with Gasteiger partial charge in [0, 0.05) is 24.3 Å². The molecule has 0 saturated heterocycles. The van der Waals surface area contributed by atoms with Crippen molar-refractivity contribution < 1.29 is 9.84 Å². The lowest BCUT2D eigenvalue weighted by Crippen LogP contribution is -2.42. The van der Waals surface area contributed by atoms with Crippen molar-refractivity contribution in [2.45, 2.75) is 51.1 Å². The molecule has 0 bridgehead atoms. The molecule has 3 nitrogen and oxygen atoms in total. The summed E-state index contributed by atoms with van der Waals surface area (Å²) in [6.45, 7) is 2.49. The van der Waals surface area contributed by atoms with Crippen LogP contribution in [0, 0.1) is 5.92 Å². The smallest absolute Gasteiger partial charge is 0.123 e. The van der Waals surface area contributed by atoms with Crippen LogP contribution in [0.2, 0.25) is 0 Å². The Bertz CT molecular complexity index is 408. The molecule has 2 N–H and O–H groups in total. The quantitative estimate of drug-likeness (QED) is 0.838. The molecule has 1 aromatic carbocycles. The molecule has 112 valence electrons. The monoisotopic (exact) mass is 277 g/mol. The van der Waals surface area contributed by atoms with E-state index in [4.69, 9.17) is 4.74 Å². The van der Waals surface area contributed by atoms with E-state index < -0.39 is 0 Å². The molecule has 0 amide bonds. The van der Waals surface area contributed by atoms with Crippen molar-refractivity contribution in [3.05, 3.63) is 29.8 Å². The second kappa shape index (κ2) is 7.65. The number of para-hydroxylation sites is 1. The van der Waals surface area contributed by atoms with Gasteiger partial charge >= 0.3 is 0 Å². The number of aliphatic hydroxyl groups excluding tert-OH is 1. The lowest BCUT2D eigenvalue weighted by atomic mass is 9.84. The summed E-state index contributed by atoms with van der Waals surface area (Å²) in [5.74, 6) is 1.34. The van der Waals surface area contributed by atoms with Crippen molar-refractivity contribution in [1.82, 2.24) is 5.32 Å². The van der Waals surface area contributed by atoms with Crippen LogP contribution in [0.4, 0.5) is 0 Å². The number of ether oxygens (including phenoxy) is 1. The van der Waals surface area contributed by atoms with Crippen LogP contribution in [-0.4, -0.2) is 24.9 Å². The molecule has 0 aliphatic heterocycles. The maximum Gasteiger partial charge on any atom is 0.123 e. The summed E-state index contributed by atoms with van der Waals surface area (Å²) in [7, 11) is 1.72. The zero-order valence-electron chi connectivity index (χ0n) is 12.6. The van der Waals surface area contributed by atoms with Crippen molar-refractivity contribution in [1.29, 1.82) is 0 Å². The fourth-order valence-electron chi connectivity index (χ4n) is 3.29. The molecular formula is C17H27NO2. The van der Waals surface area contributed by atoms with E-state index in [0.717, 1.165) is 25.0 Å². The van der Waals surface area contributed by atoms with E-state index in [1.165, 1.54) is 18.4 Å². The zero-order valence-corrected chi connectivity index (χ0v) is 12.6. The van der Waals surface area contributed by atoms with Gasteiger partial charge in [0.15, 0.2) is 0 Å². The molecule has 20 heavy (non-hydrogen) atoms. The van der Waals surface area contributed by atoms with Gasteiger partial charge in [0.05, 0.1) is 7.11 Å². The van der Waals surface area contributed by atoms with Crippen molar-refractivity contribution in [3.8, 4) is 5.75 Å². The van der Waals surface area contributed by atoms with Crippen LogP contribution in [0.15, 0.2) is 24.3 Å². The number of aliphatic hydroxyl groups is 1. The summed E-state index contributed by atoms with van der Waals surface area (Å²) >= 11 is 0. The third-order valence-electron chi connectivity index (χ3n) is 4.48. The molecule has 0 heterocycles. The average molecular weight is 277 g/mol. The first-order valence-electron chi connectivity index (χ1n) is 7.80. The minimum Gasteiger partial charge on any atom is -0.496 e. The maximum atomic E-state index is 9.55. The number of hydrogen-bond acceptors (Lipinski definition) is 3. The molecule has 1 aliphatic rings. The molecule has 3 atom stereocenters. The number of methoxy groups -OCH3 is 1. The van der Waals surface area contributed by atoms with Crippen LogP contribution in [0.5, 0.6) is 5.75 Å². The molecule has 1 saturated carbocycles. The van der Waals surface area contributed by atoms with E-state index in [1.54, 1.807) is 7.11 Å². The molecule has 3 heteroatoms. The van der Waals surface area contributed by atoms with Crippen LogP contribution in [0.3, 0.4) is 0 Å². The summed E-state index contributed by atoms with van der Waals surface area (Å²) in [6, 6.07) is 8.94. The fraction of sp³-hybridized carbons (Fsp3) is 0.647. The normalized spacial score (nSPS) is 24.4. The van der Waals surface area contributed by atoms with Gasteiger partial charge in [-0.1, -0.05) is 38.0 Å². The highest BCUT2D eigenvalue weighted by molar-refractivity contribution is 5.35. The Morgan fingerprint density at radius 1 is 1.30 bits per heavy atom. The Labute approximate surface area is 122 Å². The fourth-order valence-corrected chi connectivity index (χ4v) is 3.29. The van der Waals surface area contributed by atoms with Crippen LogP contribution >= 0.6 is 0 Å². The SMILES string of the molecule is CCC(NC1CCCCC1CO)c1ccccc1OC. The van der Waals surface area contributed by atoms with Gasteiger partial charge in [-0.25, -0.2) is 0 Å². The van der Waals surface area contributed by atoms with Crippen LogP contribution in [-0.2, 0) is 0 Å². The first kappa shape index (κ1) is 15.3. The highest BCUT2D eigenvalue weighted by atomic mass is 16.5. The summed E-state index contributed by atoms with van der Waals surface area (Å²) in [5, 5.41) is 13.3. The third-order valence-corrected chi connectivity index (χ3v) is 4.48. The van der Waals surface area contributed by atoms with E-state index in [0.29, 0.717) is 24.6 Å². The predicted molar refractivity (Wildman–Crippen MR) is 82.0 cm³/mol. The first-order chi connectivity index (χ1) is 9.80. The summed E-state index contributed by atoms with van der Waals surface area (Å²) < 4.78 is 5.48. The van der Waals surface area contributed by atoms with E-state index in [2.05, 4.69) is 24.4 Å². The lowest BCUT2D eigenvalue weighted by molar-refractivity contribution is 0.145. The van der Waals surface area contributed by atoms with Crippen LogP contribution < -0.4 is 10.1 Å². The summed E-state index contributed by atoms with van der Waals surface area (Å²) in [5.41, 5.74) is 1.22. The van der Waals surface area contributed by atoms with Gasteiger partial charge < -0.3 is 15.2 Å². The van der Waals surface area contributed by atoms with Crippen molar-refractivity contribution in [3.63, 3.8) is 0 Å². The molecule has 1 aliphatic carbocycles. The summed E-state index contributed by atoms with van der Waals surface area (Å²) in [6.07, 6.45) is 5.83. The van der Waals surface area contributed by atoms with Gasteiger partial charge in [-0.2, -0.15) is 0 Å². The van der Waals surface area contributed by atoms with E-state index in [-0.39, 0.29) is 0 Å². The Hall–Kier alpha value is -1.06. The number of nitrogens with one attached hydrogen (secondary N) is 1. The third kappa shape index (κ3) is 3.53. The minimum atomic E-state index is 0.292. The standard InChI is InChI=1S/C17H27NO2/c1-3-15(14-9-5-7-11-17(14)20-2)18-16-10-6-4-8-13(16)12-19/h5,7,9,11,13,15-16,18-19H,3-4,6,8,10,12H2,1-2H3. The maximum absolute atomic E-state index is 9.55. The van der Waals surface area contributed by atoms with Crippen molar-refractivity contribution >= 4 is 0 Å². The molecule has 3 unspecified atom stereocenters. The number of hydrogen-bond donors (Lipinski definition) is 2. The predicted octanol–water partition coefficient (Wildman–Crippen LogP) is 3.29. The van der Waals surface area contributed by atoms with Gasteiger partial charge in [0.1, 0.15) is 5.75 Å². The Morgan fingerprint density at radius 2 is 2.05 bits per heavy atom. The second-order valence-electron chi connectivity index (χ2n) is 5.70. The number of rotatable bonds is 6. The van der Waals surface area contributed by atoms with Gasteiger partial charge in [0.25, 0.3) is 0 Å². The van der Waals surface area contributed by atoms with Crippen LogP contribution in [0.1, 0.15) is 50.6 Å². The second-order valence-corrected chi connectivity index (χ2v) is 5.70. The molecule has 1 fully saturated rings. The largest absolute Gasteiger partial charge is 0.496 e. The molecule has 2 rings (SSSR count). The van der Waals surface area contributed by atoms with E-state index in [9.17, 15) is 5.11 Å². The van der Waals surface area contributed by atoms with Crippen LogP contribution in [0.25, 0.3) is 0 Å². The lowest BCUT2D eigenvalue weighted by Gasteiger charge is -2.34. The topological polar surface area (TPSA) is 41.5 Å². The van der Waals surface area contributed by atoms with Gasteiger partial charge in [-0.3, -0.25) is 0 Å². The molecule has 1 aromatic rings. The highest BCUT2D eigenvalue weighted by Crippen LogP contribution is 2.31. The molecular weight excluding hydrogens is 250 g/mol. The Morgan fingerprint density at radius 3 is 2.75 bits per heavy atom. The minimum absolute atomic E-state index is 0.292. The summed E-state index contributed by atoms with van der Waals surface area (Å²) in [4.78, 5) is 0. The van der Waals surface area contributed by atoms with Gasteiger partial charge in [0.2, 0.25) is 0 Å². The first-order valence-corrected chi connectivity index (χ1v) is 7.80. The molecule has 0 spiro atoms. The van der Waals surface area contributed by atoms with E-state index in [1.807, 2.05) is 12.1 Å². The van der Waals surface area contributed by atoms with Gasteiger partial charge in [-0.05, 0) is 31.2 Å². The Kier molecular flexibility index (Phi) is 5.86. The molecule has 0 aromatic heterocycles. The van der Waals surface area contributed by atoms with Crippen molar-refractivity contribution in [2.75, 3.05) is 13.7 Å². The zero-order chi connectivity index (χ0) is 14.4. The van der Waals surface area contributed by atoms with Gasteiger partial charge in [-0.15, -0.1) is 0 Å². The highest BCUT2D eigenvalue weighted by Gasteiger charge is 2.27. The van der Waals surface area contributed by atoms with E-state index >= 15 is 0 Å². The van der Waals surface area contributed by atoms with Crippen molar-refractivity contribution in [2.24, 2.45) is 5.92 Å². The number of benzene rings is 1. The molecule has 0 radical (unpaired) electrons. The average Bonchev–Trinajstić information content (AvgIpc) is 2.53. The Balaban J connectivity index is 2.11.